The first-order valence-corrected chi connectivity index (χ1v) is 8.32. The van der Waals surface area contributed by atoms with Gasteiger partial charge >= 0.3 is 0 Å². The van der Waals surface area contributed by atoms with Gasteiger partial charge in [-0.05, 0) is 55.8 Å². The minimum absolute atomic E-state index is 0.0947. The highest BCUT2D eigenvalue weighted by Gasteiger charge is 2.12. The molecule has 0 fully saturated rings. The highest BCUT2D eigenvalue weighted by atomic mass is 16.5. The van der Waals surface area contributed by atoms with Gasteiger partial charge < -0.3 is 19.5 Å². The lowest BCUT2D eigenvalue weighted by Crippen LogP contribution is -2.31. The van der Waals surface area contributed by atoms with Crippen molar-refractivity contribution in [3.8, 4) is 17.2 Å². The van der Waals surface area contributed by atoms with Gasteiger partial charge in [0, 0.05) is 17.2 Å². The Morgan fingerprint density at radius 2 is 1.72 bits per heavy atom. The Balaban J connectivity index is 2.11. The van der Waals surface area contributed by atoms with E-state index in [1.54, 1.807) is 32.4 Å². The summed E-state index contributed by atoms with van der Waals surface area (Å²) >= 11 is 0. The first-order chi connectivity index (χ1) is 12.1. The zero-order chi connectivity index (χ0) is 18.2. The van der Waals surface area contributed by atoms with Crippen LogP contribution in [-0.2, 0) is 6.61 Å². The van der Waals surface area contributed by atoms with Crippen LogP contribution in [0.2, 0.25) is 0 Å². The third-order valence-corrected chi connectivity index (χ3v) is 3.99. The Labute approximate surface area is 148 Å². The molecule has 1 N–H and O–H groups in total. The average Bonchev–Trinajstić information content (AvgIpc) is 2.66. The molecule has 0 aliphatic heterocycles. The maximum Gasteiger partial charge on any atom is 0.251 e. The number of carbonyl (C=O) groups excluding carboxylic acids is 1. The largest absolute Gasteiger partial charge is 0.497 e. The van der Waals surface area contributed by atoms with Crippen molar-refractivity contribution in [1.29, 1.82) is 0 Å². The van der Waals surface area contributed by atoms with Gasteiger partial charge in [0.25, 0.3) is 5.91 Å². The Morgan fingerprint density at radius 1 is 1.04 bits per heavy atom. The fourth-order valence-corrected chi connectivity index (χ4v) is 2.27. The normalized spacial score (nSPS) is 11.5. The van der Waals surface area contributed by atoms with Crippen molar-refractivity contribution in [2.45, 2.75) is 32.9 Å². The number of hydrogen-bond acceptors (Lipinski definition) is 4. The predicted octanol–water partition coefficient (Wildman–Crippen LogP) is 3.81. The summed E-state index contributed by atoms with van der Waals surface area (Å²) in [6, 6.07) is 12.8. The first kappa shape index (κ1) is 18.6. The van der Waals surface area contributed by atoms with Crippen molar-refractivity contribution >= 4 is 5.91 Å². The second-order valence-electron chi connectivity index (χ2n) is 5.77. The quantitative estimate of drug-likeness (QED) is 0.792. The molecular weight excluding hydrogens is 318 g/mol. The van der Waals surface area contributed by atoms with E-state index in [9.17, 15) is 4.79 Å². The second-order valence-corrected chi connectivity index (χ2v) is 5.77. The summed E-state index contributed by atoms with van der Waals surface area (Å²) in [6.07, 6.45) is 0.884. The molecule has 0 aromatic heterocycles. The fraction of sp³-hybridized carbons (Fsp3) is 0.350. The number of methoxy groups -OCH3 is 2. The lowest BCUT2D eigenvalue weighted by atomic mass is 10.1. The Hall–Kier alpha value is -2.69. The molecular formula is C20H25NO4. The van der Waals surface area contributed by atoms with Crippen LogP contribution in [0.15, 0.2) is 42.5 Å². The van der Waals surface area contributed by atoms with E-state index in [1.165, 1.54) is 0 Å². The van der Waals surface area contributed by atoms with Crippen molar-refractivity contribution in [3.63, 3.8) is 0 Å². The summed E-state index contributed by atoms with van der Waals surface area (Å²) in [5.41, 5.74) is 1.41. The zero-order valence-corrected chi connectivity index (χ0v) is 15.2. The minimum atomic E-state index is -0.0947. The maximum atomic E-state index is 12.3. The minimum Gasteiger partial charge on any atom is -0.497 e. The van der Waals surface area contributed by atoms with E-state index in [0.29, 0.717) is 17.9 Å². The summed E-state index contributed by atoms with van der Waals surface area (Å²) in [5.74, 6) is 2.09. The van der Waals surface area contributed by atoms with E-state index >= 15 is 0 Å². The molecule has 2 aromatic rings. The molecule has 0 saturated carbocycles. The molecule has 1 amide bonds. The van der Waals surface area contributed by atoms with Crippen LogP contribution in [-0.4, -0.2) is 26.2 Å². The Morgan fingerprint density at radius 3 is 2.32 bits per heavy atom. The number of hydrogen-bond donors (Lipinski definition) is 1. The standard InChI is InChI=1S/C20H25NO4/c1-5-14(2)21-20(22)15-6-11-19(24-4)16(12-15)13-25-18-9-7-17(23-3)8-10-18/h6-12,14H,5,13H2,1-4H3,(H,21,22)/t14-/m0/s1. The molecule has 0 aliphatic rings. The van der Waals surface area contributed by atoms with Crippen LogP contribution >= 0.6 is 0 Å². The Bertz CT molecular complexity index is 697. The molecule has 0 heterocycles. The molecule has 0 aliphatic carbocycles. The van der Waals surface area contributed by atoms with Gasteiger partial charge in [0.15, 0.2) is 0 Å². The number of carbonyl (C=O) groups is 1. The number of nitrogens with one attached hydrogen (secondary N) is 1. The molecule has 2 rings (SSSR count). The molecule has 5 nitrogen and oxygen atoms in total. The van der Waals surface area contributed by atoms with Crippen LogP contribution in [0.3, 0.4) is 0 Å². The van der Waals surface area contributed by atoms with E-state index in [0.717, 1.165) is 23.5 Å². The van der Waals surface area contributed by atoms with E-state index < -0.39 is 0 Å². The van der Waals surface area contributed by atoms with E-state index in [-0.39, 0.29) is 11.9 Å². The summed E-state index contributed by atoms with van der Waals surface area (Å²) < 4.78 is 16.3. The van der Waals surface area contributed by atoms with Crippen molar-refractivity contribution in [1.82, 2.24) is 5.32 Å². The molecule has 5 heteroatoms. The number of rotatable bonds is 8. The third kappa shape index (κ3) is 5.14. The molecule has 0 bridgehead atoms. The van der Waals surface area contributed by atoms with E-state index in [4.69, 9.17) is 14.2 Å². The molecule has 2 aromatic carbocycles. The van der Waals surface area contributed by atoms with Crippen molar-refractivity contribution in [2.24, 2.45) is 0 Å². The lowest BCUT2D eigenvalue weighted by molar-refractivity contribution is 0.0939. The smallest absolute Gasteiger partial charge is 0.251 e. The first-order valence-electron chi connectivity index (χ1n) is 8.32. The lowest BCUT2D eigenvalue weighted by Gasteiger charge is -2.14. The van der Waals surface area contributed by atoms with Gasteiger partial charge in [-0.1, -0.05) is 6.92 Å². The highest BCUT2D eigenvalue weighted by Crippen LogP contribution is 2.23. The summed E-state index contributed by atoms with van der Waals surface area (Å²) in [4.78, 5) is 12.3. The predicted molar refractivity (Wildman–Crippen MR) is 97.5 cm³/mol. The van der Waals surface area contributed by atoms with Gasteiger partial charge in [0.2, 0.25) is 0 Å². The summed E-state index contributed by atoms with van der Waals surface area (Å²) in [6.45, 7) is 4.32. The van der Waals surface area contributed by atoms with Crippen LogP contribution in [0.1, 0.15) is 36.2 Å². The highest BCUT2D eigenvalue weighted by molar-refractivity contribution is 5.94. The number of benzene rings is 2. The van der Waals surface area contributed by atoms with Gasteiger partial charge in [-0.15, -0.1) is 0 Å². The Kier molecular flexibility index (Phi) is 6.69. The van der Waals surface area contributed by atoms with Crippen LogP contribution < -0.4 is 19.5 Å². The molecule has 25 heavy (non-hydrogen) atoms. The molecule has 0 unspecified atom stereocenters. The summed E-state index contributed by atoms with van der Waals surface area (Å²) in [7, 11) is 3.22. The molecule has 0 spiro atoms. The maximum absolute atomic E-state index is 12.3. The van der Waals surface area contributed by atoms with Gasteiger partial charge in [0.05, 0.1) is 14.2 Å². The SMILES string of the molecule is CC[C@H](C)NC(=O)c1ccc(OC)c(COc2ccc(OC)cc2)c1. The van der Waals surface area contributed by atoms with Crippen LogP contribution in [0.4, 0.5) is 0 Å². The third-order valence-electron chi connectivity index (χ3n) is 3.99. The van der Waals surface area contributed by atoms with Crippen molar-refractivity contribution < 1.29 is 19.0 Å². The fourth-order valence-electron chi connectivity index (χ4n) is 2.27. The van der Waals surface area contributed by atoms with Gasteiger partial charge in [-0.2, -0.15) is 0 Å². The average molecular weight is 343 g/mol. The van der Waals surface area contributed by atoms with E-state index in [1.807, 2.05) is 38.1 Å². The second kappa shape index (κ2) is 8.97. The van der Waals surface area contributed by atoms with Gasteiger partial charge in [0.1, 0.15) is 23.9 Å². The van der Waals surface area contributed by atoms with E-state index in [2.05, 4.69) is 5.32 Å². The van der Waals surface area contributed by atoms with Crippen LogP contribution in [0, 0.1) is 0 Å². The van der Waals surface area contributed by atoms with Gasteiger partial charge in [-0.3, -0.25) is 4.79 Å². The molecule has 0 radical (unpaired) electrons. The van der Waals surface area contributed by atoms with Gasteiger partial charge in [-0.25, -0.2) is 0 Å². The van der Waals surface area contributed by atoms with Crippen LogP contribution in [0.5, 0.6) is 17.2 Å². The number of amides is 1. The van der Waals surface area contributed by atoms with Crippen LogP contribution in [0.25, 0.3) is 0 Å². The topological polar surface area (TPSA) is 56.8 Å². The molecule has 1 atom stereocenters. The monoisotopic (exact) mass is 343 g/mol. The number of ether oxygens (including phenoxy) is 3. The molecule has 0 saturated heterocycles. The van der Waals surface area contributed by atoms with Crippen molar-refractivity contribution in [2.75, 3.05) is 14.2 Å². The summed E-state index contributed by atoms with van der Waals surface area (Å²) in [5, 5.41) is 2.96. The van der Waals surface area contributed by atoms with Crippen molar-refractivity contribution in [3.05, 3.63) is 53.6 Å². The molecule has 134 valence electrons. The zero-order valence-electron chi connectivity index (χ0n) is 15.2.